The van der Waals surface area contributed by atoms with Gasteiger partial charge >= 0.3 is 0 Å². The summed E-state index contributed by atoms with van der Waals surface area (Å²) in [7, 11) is -1.65. The van der Waals surface area contributed by atoms with E-state index in [1.54, 1.807) is 6.92 Å². The Labute approximate surface area is 87.5 Å². The smallest absolute Gasteiger partial charge is 0.230 e. The van der Waals surface area contributed by atoms with Crippen LogP contribution < -0.4 is 0 Å². The van der Waals surface area contributed by atoms with E-state index >= 15 is 0 Å². The molecule has 0 saturated carbocycles. The van der Waals surface area contributed by atoms with E-state index in [0.717, 1.165) is 0 Å². The molecule has 5 heteroatoms. The van der Waals surface area contributed by atoms with Crippen molar-refractivity contribution in [1.29, 1.82) is 0 Å². The monoisotopic (exact) mass is 222 g/mol. The molecular weight excluding hydrogens is 200 g/mol. The van der Waals surface area contributed by atoms with Crippen LogP contribution in [-0.4, -0.2) is 20.2 Å². The molecule has 0 aromatic rings. The lowest BCUT2D eigenvalue weighted by molar-refractivity contribution is -0.458. The van der Waals surface area contributed by atoms with Gasteiger partial charge in [0, 0.05) is 0 Å². The molecule has 86 valence electrons. The van der Waals surface area contributed by atoms with Crippen LogP contribution in [0, 0.1) is 0 Å². The Hall–Kier alpha value is 0.0569. The molecule has 0 aliphatic carbocycles. The molecule has 0 aromatic carbocycles. The maximum absolute atomic E-state index is 5.19. The molecule has 14 heavy (non-hydrogen) atoms. The first-order chi connectivity index (χ1) is 6.10. The average Bonchev–Trinajstić information content (AvgIpc) is 1.94. The third-order valence-corrected chi connectivity index (χ3v) is 1.46. The quantitative estimate of drug-likeness (QED) is 0.310. The van der Waals surface area contributed by atoms with Crippen LogP contribution in [0.2, 0.25) is 19.6 Å². The Bertz CT molecular complexity index is 141. The minimum Gasteiger partial charge on any atom is -0.284 e. The molecule has 0 bridgehead atoms. The van der Waals surface area contributed by atoms with Gasteiger partial charge in [-0.1, -0.05) is 0 Å². The van der Waals surface area contributed by atoms with Crippen molar-refractivity contribution in [2.75, 3.05) is 0 Å². The topological polar surface area (TPSA) is 36.9 Å². The van der Waals surface area contributed by atoms with E-state index in [-0.39, 0.29) is 5.60 Å². The summed E-state index contributed by atoms with van der Waals surface area (Å²) in [4.78, 5) is 15.1. The van der Waals surface area contributed by atoms with Crippen molar-refractivity contribution in [3.63, 3.8) is 0 Å². The van der Waals surface area contributed by atoms with Crippen LogP contribution in [0.15, 0.2) is 0 Å². The Kier molecular flexibility index (Phi) is 5.25. The molecule has 0 radical (unpaired) electrons. The van der Waals surface area contributed by atoms with Crippen molar-refractivity contribution >= 4 is 8.32 Å². The summed E-state index contributed by atoms with van der Waals surface area (Å²) < 4.78 is 5.19. The van der Waals surface area contributed by atoms with Gasteiger partial charge in [0.05, 0.1) is 5.60 Å². The van der Waals surface area contributed by atoms with E-state index in [1.165, 1.54) is 0 Å². The van der Waals surface area contributed by atoms with Crippen molar-refractivity contribution in [3.05, 3.63) is 0 Å². The Morgan fingerprint density at radius 3 is 1.86 bits per heavy atom. The van der Waals surface area contributed by atoms with Gasteiger partial charge in [0.2, 0.25) is 14.6 Å². The van der Waals surface area contributed by atoms with Crippen molar-refractivity contribution in [2.24, 2.45) is 0 Å². The molecule has 0 amide bonds. The predicted molar refractivity (Wildman–Crippen MR) is 56.9 cm³/mol. The highest BCUT2D eigenvalue weighted by Gasteiger charge is 2.20. The molecular formula is C9H22O4Si. The first kappa shape index (κ1) is 14.1. The summed E-state index contributed by atoms with van der Waals surface area (Å²) in [5.74, 6) is 0. The summed E-state index contributed by atoms with van der Waals surface area (Å²) in [6.45, 7) is 13.5. The van der Waals surface area contributed by atoms with E-state index in [1.807, 2.05) is 40.4 Å². The molecule has 0 rings (SSSR count). The van der Waals surface area contributed by atoms with Gasteiger partial charge in [0.25, 0.3) is 0 Å². The van der Waals surface area contributed by atoms with Gasteiger partial charge in [0.15, 0.2) is 0 Å². The standard InChI is InChI=1S/C9H22O4Si/c1-8(10-12-9(2,3)4)11-13-14(5,6)7/h8H,1-7H3. The summed E-state index contributed by atoms with van der Waals surface area (Å²) in [6, 6.07) is 0. The second kappa shape index (κ2) is 5.23. The maximum Gasteiger partial charge on any atom is 0.230 e. The Morgan fingerprint density at radius 1 is 1.00 bits per heavy atom. The minimum atomic E-state index is -1.65. The molecule has 0 aromatic heterocycles. The number of hydrogen-bond donors (Lipinski definition) is 0. The Balaban J connectivity index is 3.62. The maximum atomic E-state index is 5.19. The zero-order valence-corrected chi connectivity index (χ0v) is 11.2. The second-order valence-electron chi connectivity index (χ2n) is 5.15. The van der Waals surface area contributed by atoms with Crippen molar-refractivity contribution in [1.82, 2.24) is 0 Å². The van der Waals surface area contributed by atoms with Gasteiger partial charge in [-0.25, -0.2) is 14.7 Å². The number of rotatable bonds is 5. The van der Waals surface area contributed by atoms with Crippen LogP contribution >= 0.6 is 0 Å². The van der Waals surface area contributed by atoms with Crippen LogP contribution in [0.4, 0.5) is 0 Å². The van der Waals surface area contributed by atoms with Gasteiger partial charge < -0.3 is 0 Å². The zero-order chi connectivity index (χ0) is 11.4. The summed E-state index contributed by atoms with van der Waals surface area (Å²) in [5.41, 5.74) is -0.337. The number of hydrogen-bond acceptors (Lipinski definition) is 4. The van der Waals surface area contributed by atoms with Gasteiger partial charge in [-0.05, 0) is 47.3 Å². The summed E-state index contributed by atoms with van der Waals surface area (Å²) in [6.07, 6.45) is -0.513. The third kappa shape index (κ3) is 10.1. The lowest BCUT2D eigenvalue weighted by Gasteiger charge is -2.23. The molecule has 1 unspecified atom stereocenters. The van der Waals surface area contributed by atoms with Gasteiger partial charge in [-0.3, -0.25) is 4.58 Å². The van der Waals surface area contributed by atoms with Gasteiger partial charge in [-0.2, -0.15) is 0 Å². The highest BCUT2D eigenvalue weighted by Crippen LogP contribution is 2.11. The molecule has 0 aliphatic heterocycles. The predicted octanol–water partition coefficient (Wildman–Crippen LogP) is 2.86. The van der Waals surface area contributed by atoms with Crippen molar-refractivity contribution in [3.8, 4) is 0 Å². The van der Waals surface area contributed by atoms with E-state index in [9.17, 15) is 0 Å². The molecule has 1 atom stereocenters. The highest BCUT2D eigenvalue weighted by molar-refractivity contribution is 6.69. The summed E-state index contributed by atoms with van der Waals surface area (Å²) >= 11 is 0. The fourth-order valence-electron chi connectivity index (χ4n) is 0.440. The molecule has 0 aliphatic rings. The largest absolute Gasteiger partial charge is 0.284 e. The molecule has 0 N–H and O–H groups in total. The second-order valence-corrected chi connectivity index (χ2v) is 9.54. The van der Waals surface area contributed by atoms with Crippen molar-refractivity contribution < 1.29 is 19.2 Å². The fraction of sp³-hybridized carbons (Fsp3) is 1.00. The van der Waals surface area contributed by atoms with Crippen molar-refractivity contribution in [2.45, 2.75) is 59.2 Å². The van der Waals surface area contributed by atoms with Crippen LogP contribution in [0.1, 0.15) is 27.7 Å². The van der Waals surface area contributed by atoms with Crippen LogP contribution in [0.25, 0.3) is 0 Å². The molecule has 4 nitrogen and oxygen atoms in total. The van der Waals surface area contributed by atoms with Gasteiger partial charge in [-0.15, -0.1) is 0 Å². The molecule has 0 spiro atoms. The highest BCUT2D eigenvalue weighted by atomic mass is 28.4. The Morgan fingerprint density at radius 2 is 1.50 bits per heavy atom. The molecule has 0 fully saturated rings. The lowest BCUT2D eigenvalue weighted by Crippen LogP contribution is -2.30. The van der Waals surface area contributed by atoms with Crippen LogP contribution in [0.3, 0.4) is 0 Å². The fourth-order valence-corrected chi connectivity index (χ4v) is 0.864. The lowest BCUT2D eigenvalue weighted by atomic mass is 10.2. The van der Waals surface area contributed by atoms with E-state index in [2.05, 4.69) is 0 Å². The summed E-state index contributed by atoms with van der Waals surface area (Å²) in [5, 5.41) is 0. The van der Waals surface area contributed by atoms with Crippen LogP contribution in [-0.2, 0) is 19.2 Å². The van der Waals surface area contributed by atoms with Gasteiger partial charge in [0.1, 0.15) is 0 Å². The SMILES string of the molecule is CC(OOC(C)(C)C)OO[Si](C)(C)C. The van der Waals surface area contributed by atoms with Crippen LogP contribution in [0.5, 0.6) is 0 Å². The minimum absolute atomic E-state index is 0.337. The average molecular weight is 222 g/mol. The third-order valence-electron chi connectivity index (χ3n) is 0.867. The zero-order valence-electron chi connectivity index (χ0n) is 10.2. The van der Waals surface area contributed by atoms with E-state index in [0.29, 0.717) is 0 Å². The normalized spacial score (nSPS) is 15.6. The molecule has 0 heterocycles. The van der Waals surface area contributed by atoms with E-state index in [4.69, 9.17) is 19.2 Å². The first-order valence-electron chi connectivity index (χ1n) is 4.79. The van der Waals surface area contributed by atoms with E-state index < -0.39 is 14.6 Å². The first-order valence-corrected chi connectivity index (χ1v) is 8.20. The molecule has 0 saturated heterocycles.